The topological polar surface area (TPSA) is 85.7 Å². The number of morpholine rings is 1. The molecule has 1 N–H and O–H groups in total. The zero-order valence-electron chi connectivity index (χ0n) is 17.2. The van der Waals surface area contributed by atoms with E-state index in [0.717, 1.165) is 31.6 Å². The van der Waals surface area contributed by atoms with E-state index in [1.807, 2.05) is 12.1 Å². The van der Waals surface area contributed by atoms with Crippen LogP contribution in [0, 0.1) is 17.1 Å². The minimum atomic E-state index is -3.65. The molecule has 2 aliphatic rings. The summed E-state index contributed by atoms with van der Waals surface area (Å²) in [6, 6.07) is 11.3. The van der Waals surface area contributed by atoms with Gasteiger partial charge in [-0.2, -0.15) is 9.57 Å². The Morgan fingerprint density at radius 2 is 1.81 bits per heavy atom. The number of sulfonamides is 1. The van der Waals surface area contributed by atoms with Gasteiger partial charge in [-0.05, 0) is 49.2 Å². The van der Waals surface area contributed by atoms with Crippen LogP contribution in [0.1, 0.15) is 24.0 Å². The lowest BCUT2D eigenvalue weighted by Gasteiger charge is -2.27. The highest BCUT2D eigenvalue weighted by Crippen LogP contribution is 2.33. The van der Waals surface area contributed by atoms with Crippen molar-refractivity contribution in [3.8, 4) is 6.07 Å². The molecule has 2 aromatic carbocycles. The van der Waals surface area contributed by atoms with E-state index in [-0.39, 0.29) is 11.4 Å². The third-order valence-electron chi connectivity index (χ3n) is 5.67. The van der Waals surface area contributed by atoms with E-state index in [2.05, 4.69) is 10.2 Å². The fourth-order valence-electron chi connectivity index (χ4n) is 3.96. The minimum absolute atomic E-state index is 0.142. The number of hydrogen-bond donors (Lipinski definition) is 1. The highest BCUT2D eigenvalue weighted by molar-refractivity contribution is 7.89. The van der Waals surface area contributed by atoms with Crippen molar-refractivity contribution in [3.63, 3.8) is 0 Å². The number of nitriles is 1. The molecule has 2 aromatic rings. The van der Waals surface area contributed by atoms with Gasteiger partial charge in [-0.15, -0.1) is 0 Å². The molecule has 0 amide bonds. The average molecular weight is 445 g/mol. The van der Waals surface area contributed by atoms with Crippen molar-refractivity contribution in [3.05, 3.63) is 53.3 Å². The van der Waals surface area contributed by atoms with Crippen molar-refractivity contribution >= 4 is 21.4 Å². The average Bonchev–Trinajstić information content (AvgIpc) is 3.33. The van der Waals surface area contributed by atoms with Gasteiger partial charge in [0.15, 0.2) is 0 Å². The fraction of sp³-hybridized carbons (Fsp3) is 0.409. The van der Waals surface area contributed by atoms with E-state index in [1.165, 1.54) is 22.5 Å². The molecular weight excluding hydrogens is 419 g/mol. The summed E-state index contributed by atoms with van der Waals surface area (Å²) in [5.74, 6) is -0.411. The van der Waals surface area contributed by atoms with Gasteiger partial charge in [0, 0.05) is 38.3 Å². The van der Waals surface area contributed by atoms with Crippen LogP contribution in [-0.2, 0) is 21.3 Å². The molecule has 0 bridgehead atoms. The van der Waals surface area contributed by atoms with E-state index in [0.29, 0.717) is 43.1 Å². The van der Waals surface area contributed by atoms with Gasteiger partial charge in [0.1, 0.15) is 5.82 Å². The van der Waals surface area contributed by atoms with Gasteiger partial charge >= 0.3 is 0 Å². The third-order valence-corrected chi connectivity index (χ3v) is 7.56. The number of hydrogen-bond acceptors (Lipinski definition) is 6. The lowest BCUT2D eigenvalue weighted by Crippen LogP contribution is -2.40. The van der Waals surface area contributed by atoms with E-state index >= 15 is 0 Å². The predicted octanol–water partition coefficient (Wildman–Crippen LogP) is 2.93. The maximum atomic E-state index is 14.2. The number of nitrogens with one attached hydrogen (secondary N) is 1. The van der Waals surface area contributed by atoms with Gasteiger partial charge in [0.25, 0.3) is 0 Å². The van der Waals surface area contributed by atoms with Gasteiger partial charge in [-0.25, -0.2) is 12.8 Å². The maximum absolute atomic E-state index is 14.2. The van der Waals surface area contributed by atoms with Crippen LogP contribution in [-0.4, -0.2) is 52.1 Å². The quantitative estimate of drug-likeness (QED) is 0.737. The van der Waals surface area contributed by atoms with Crippen molar-refractivity contribution in [1.29, 1.82) is 5.26 Å². The molecule has 2 heterocycles. The van der Waals surface area contributed by atoms with Gasteiger partial charge in [0.2, 0.25) is 10.0 Å². The number of benzene rings is 2. The van der Waals surface area contributed by atoms with Crippen LogP contribution in [0.15, 0.2) is 41.3 Å². The molecule has 0 radical (unpaired) electrons. The Kier molecular flexibility index (Phi) is 6.41. The van der Waals surface area contributed by atoms with Crippen molar-refractivity contribution in [2.24, 2.45) is 0 Å². The second-order valence-corrected chi connectivity index (χ2v) is 9.60. The molecule has 0 aromatic heterocycles. The molecule has 0 atom stereocenters. The molecule has 0 saturated carbocycles. The maximum Gasteiger partial charge on any atom is 0.243 e. The Morgan fingerprint density at radius 3 is 2.52 bits per heavy atom. The Morgan fingerprint density at radius 1 is 1.06 bits per heavy atom. The summed E-state index contributed by atoms with van der Waals surface area (Å²) >= 11 is 0. The highest BCUT2D eigenvalue weighted by atomic mass is 32.2. The van der Waals surface area contributed by atoms with Crippen LogP contribution >= 0.6 is 0 Å². The number of ether oxygens (including phenoxy) is 1. The minimum Gasteiger partial charge on any atom is -0.379 e. The lowest BCUT2D eigenvalue weighted by atomic mass is 10.1. The Bertz CT molecular complexity index is 1090. The van der Waals surface area contributed by atoms with E-state index in [1.54, 1.807) is 12.1 Å². The number of rotatable bonds is 6. The lowest BCUT2D eigenvalue weighted by molar-refractivity contribution is 0.0730. The largest absolute Gasteiger partial charge is 0.379 e. The van der Waals surface area contributed by atoms with Gasteiger partial charge < -0.3 is 15.0 Å². The van der Waals surface area contributed by atoms with Crippen LogP contribution < -0.4 is 10.2 Å². The third kappa shape index (κ3) is 4.66. The van der Waals surface area contributed by atoms with Gasteiger partial charge in [-0.3, -0.25) is 0 Å². The van der Waals surface area contributed by atoms with Crippen molar-refractivity contribution in [2.75, 3.05) is 49.6 Å². The van der Waals surface area contributed by atoms with Crippen LogP contribution in [0.4, 0.5) is 15.8 Å². The molecule has 31 heavy (non-hydrogen) atoms. The molecule has 164 valence electrons. The number of halogens is 1. The van der Waals surface area contributed by atoms with E-state index < -0.39 is 15.8 Å². The smallest absolute Gasteiger partial charge is 0.243 e. The molecule has 0 spiro atoms. The van der Waals surface area contributed by atoms with Crippen LogP contribution in [0.25, 0.3) is 0 Å². The Balaban J connectivity index is 1.65. The molecule has 0 unspecified atom stereocenters. The second-order valence-electron chi connectivity index (χ2n) is 7.66. The van der Waals surface area contributed by atoms with Gasteiger partial charge in [-0.1, -0.05) is 0 Å². The number of nitrogens with zero attached hydrogens (tertiary/aromatic N) is 3. The fourth-order valence-corrected chi connectivity index (χ4v) is 5.39. The molecule has 2 aliphatic heterocycles. The SMILES string of the molecule is N#Cc1ccc(F)c(CNc2cc(S(=O)(=O)N3CCOCC3)ccc2N2CCCC2)c1. The molecular formula is C22H25FN4O3S. The Labute approximate surface area is 182 Å². The zero-order chi connectivity index (χ0) is 21.8. The van der Waals surface area contributed by atoms with Crippen molar-refractivity contribution in [1.82, 2.24) is 4.31 Å². The van der Waals surface area contributed by atoms with E-state index in [9.17, 15) is 12.8 Å². The normalized spacial score (nSPS) is 17.5. The first-order chi connectivity index (χ1) is 15.0. The first-order valence-corrected chi connectivity index (χ1v) is 11.8. The standard InChI is InChI=1S/C22H25FN4O3S/c23-20-5-3-17(15-24)13-18(20)16-25-21-14-19(4-6-22(21)26-7-1-2-8-26)31(28,29)27-9-11-30-12-10-27/h3-6,13-14,25H,1-2,7-12,16H2. The Hall–Kier alpha value is -2.67. The summed E-state index contributed by atoms with van der Waals surface area (Å²) in [5.41, 5.74) is 2.27. The predicted molar refractivity (Wildman–Crippen MR) is 116 cm³/mol. The van der Waals surface area contributed by atoms with Crippen LogP contribution in [0.2, 0.25) is 0 Å². The summed E-state index contributed by atoms with van der Waals surface area (Å²) in [6.45, 7) is 3.33. The first kappa shape index (κ1) is 21.6. The summed E-state index contributed by atoms with van der Waals surface area (Å²) in [5, 5.41) is 12.3. The molecule has 4 rings (SSSR count). The van der Waals surface area contributed by atoms with Crippen LogP contribution in [0.3, 0.4) is 0 Å². The second kappa shape index (κ2) is 9.22. The van der Waals surface area contributed by atoms with Crippen molar-refractivity contribution in [2.45, 2.75) is 24.3 Å². The monoisotopic (exact) mass is 444 g/mol. The molecule has 2 fully saturated rings. The summed E-state index contributed by atoms with van der Waals surface area (Å²) < 4.78 is 47.2. The molecule has 0 aliphatic carbocycles. The summed E-state index contributed by atoms with van der Waals surface area (Å²) in [4.78, 5) is 2.40. The molecule has 2 saturated heterocycles. The first-order valence-electron chi connectivity index (χ1n) is 10.4. The zero-order valence-corrected chi connectivity index (χ0v) is 18.0. The van der Waals surface area contributed by atoms with E-state index in [4.69, 9.17) is 10.00 Å². The molecule has 7 nitrogen and oxygen atoms in total. The van der Waals surface area contributed by atoms with Crippen LogP contribution in [0.5, 0.6) is 0 Å². The molecule has 9 heteroatoms. The highest BCUT2D eigenvalue weighted by Gasteiger charge is 2.28. The van der Waals surface area contributed by atoms with Crippen molar-refractivity contribution < 1.29 is 17.5 Å². The number of anilines is 2. The van der Waals surface area contributed by atoms with Gasteiger partial charge in [0.05, 0.1) is 41.1 Å². The summed E-state index contributed by atoms with van der Waals surface area (Å²) in [7, 11) is -3.65. The summed E-state index contributed by atoms with van der Waals surface area (Å²) in [6.07, 6.45) is 2.15.